The molecule has 0 unspecified atom stereocenters. The first-order valence-electron chi connectivity index (χ1n) is 32.5. The molecule has 0 spiro atoms. The smallest absolute Gasteiger partial charge is 0.252 e. The van der Waals surface area contributed by atoms with E-state index in [0.717, 1.165) is 95.0 Å². The Hall–Kier alpha value is -12.4. The summed E-state index contributed by atoms with van der Waals surface area (Å²) < 4.78 is 2.41. The van der Waals surface area contributed by atoms with E-state index in [-0.39, 0.29) is 6.71 Å². The summed E-state index contributed by atoms with van der Waals surface area (Å²) in [5, 5.41) is 2.29. The minimum absolute atomic E-state index is 0.146. The van der Waals surface area contributed by atoms with Crippen molar-refractivity contribution in [3.05, 3.63) is 345 Å². The van der Waals surface area contributed by atoms with Crippen molar-refractivity contribution in [1.29, 1.82) is 0 Å². The maximum atomic E-state index is 5.29. The maximum Gasteiger partial charge on any atom is 0.252 e. The highest BCUT2D eigenvalue weighted by Crippen LogP contribution is 2.49. The van der Waals surface area contributed by atoms with Gasteiger partial charge < -0.3 is 14.4 Å². The average molecular weight is 1210 g/mol. The van der Waals surface area contributed by atoms with Crippen LogP contribution >= 0.6 is 0 Å². The zero-order valence-electron chi connectivity index (χ0n) is 52.1. The van der Waals surface area contributed by atoms with Crippen molar-refractivity contribution in [2.45, 2.75) is 6.92 Å². The minimum Gasteiger partial charge on any atom is -0.311 e. The number of rotatable bonds is 11. The van der Waals surface area contributed by atoms with Crippen LogP contribution in [-0.2, 0) is 0 Å². The van der Waals surface area contributed by atoms with E-state index in [1.807, 2.05) is 36.4 Å². The van der Waals surface area contributed by atoms with Gasteiger partial charge in [-0.15, -0.1) is 0 Å². The molecule has 0 atom stereocenters. The summed E-state index contributed by atoms with van der Waals surface area (Å²) in [4.78, 5) is 20.7. The molecule has 0 N–H and O–H groups in total. The first-order valence-corrected chi connectivity index (χ1v) is 32.5. The van der Waals surface area contributed by atoms with Gasteiger partial charge in [-0.1, -0.05) is 261 Å². The highest BCUT2D eigenvalue weighted by atomic mass is 15.2. The SMILES string of the molecule is Cc1ccc(-c2nc(-c3ccccc3)nc(-c3ccccc3)n2)c(-n2c3ccccc3c3cc(-c4cc5c6c(c4)N(c4ccc(-c7ccccc7)cc4)c4ccc(-c7ccccc7)cc4B6c4cc(-c6ccccc6)ccc4N5c4ccc(-c5ccccc5)cc4)ccc32)c1. The van der Waals surface area contributed by atoms with Gasteiger partial charge in [-0.25, -0.2) is 15.0 Å². The average Bonchev–Trinajstić information content (AvgIpc) is 1.03. The quantitative estimate of drug-likeness (QED) is 0.121. The van der Waals surface area contributed by atoms with Crippen molar-refractivity contribution in [3.8, 4) is 95.5 Å². The van der Waals surface area contributed by atoms with Crippen LogP contribution in [0.15, 0.2) is 340 Å². The van der Waals surface area contributed by atoms with Gasteiger partial charge in [-0.3, -0.25) is 0 Å². The van der Waals surface area contributed by atoms with E-state index < -0.39 is 0 Å². The third kappa shape index (κ3) is 9.71. The lowest BCUT2D eigenvalue weighted by Gasteiger charge is -2.44. The Kier molecular flexibility index (Phi) is 13.4. The number of nitrogens with zero attached hydrogens (tertiary/aromatic N) is 6. The van der Waals surface area contributed by atoms with Crippen LogP contribution in [0.5, 0.6) is 0 Å². The van der Waals surface area contributed by atoms with Gasteiger partial charge in [0.1, 0.15) is 0 Å². The molecule has 95 heavy (non-hydrogen) atoms. The Morgan fingerprint density at radius 2 is 0.632 bits per heavy atom. The minimum atomic E-state index is -0.146. The van der Waals surface area contributed by atoms with Gasteiger partial charge in [0.25, 0.3) is 6.71 Å². The molecule has 6 nitrogen and oxygen atoms in total. The summed E-state index contributed by atoms with van der Waals surface area (Å²) in [6, 6.07) is 124. The second-order valence-electron chi connectivity index (χ2n) is 24.8. The van der Waals surface area contributed by atoms with Gasteiger partial charge in [0.2, 0.25) is 0 Å². The molecule has 0 bridgehead atoms. The van der Waals surface area contributed by atoms with E-state index in [2.05, 4.69) is 325 Å². The molecule has 4 heterocycles. The maximum absolute atomic E-state index is 5.29. The second kappa shape index (κ2) is 23.0. The van der Waals surface area contributed by atoms with Crippen molar-refractivity contribution in [1.82, 2.24) is 19.5 Å². The number of benzene rings is 14. The molecule has 0 saturated heterocycles. The lowest BCUT2D eigenvalue weighted by atomic mass is 9.33. The largest absolute Gasteiger partial charge is 0.311 e. The monoisotopic (exact) mass is 1210 g/mol. The molecule has 0 amide bonds. The molecule has 7 heteroatoms. The Labute approximate surface area is 552 Å². The van der Waals surface area contributed by atoms with Crippen LogP contribution in [-0.4, -0.2) is 26.2 Å². The standard InChI is InChI=1S/C88H59BN6/c1-58-36-48-74(88-91-86(65-30-16-6-17-31-65)90-87(92-88)66-32-18-7-19-33-66)82(52-58)95-78-35-21-20-34-73(78)75-53-67(41-49-79(75)95)70-56-83-85-84(57-70)94(72-46-39-64(40-47-72)60-24-10-3-11-25-60)81-51-43-69(62-28-14-5-15-29-62)55-77(81)89(85)76-54-68(61-26-12-4-13-27-61)42-50-80(76)93(83)71-44-37-63(38-45-71)59-22-8-2-9-23-59/h2-57H,1H3. The van der Waals surface area contributed by atoms with Gasteiger partial charge in [0, 0.05) is 61.6 Å². The first-order chi connectivity index (χ1) is 47.0. The molecule has 444 valence electrons. The Bertz CT molecular complexity index is 5330. The highest BCUT2D eigenvalue weighted by Gasteiger charge is 2.44. The molecular weight excluding hydrogens is 1150 g/mol. The summed E-state index contributed by atoms with van der Waals surface area (Å²) in [6.45, 7) is 2.01. The normalized spacial score (nSPS) is 12.2. The molecule has 18 rings (SSSR count). The third-order valence-electron chi connectivity index (χ3n) is 19.1. The number of aryl methyl sites for hydroxylation is 1. The number of fused-ring (bicyclic) bond motifs is 7. The summed E-state index contributed by atoms with van der Waals surface area (Å²) in [7, 11) is 0. The van der Waals surface area contributed by atoms with Gasteiger partial charge in [-0.05, 0) is 163 Å². The molecule has 0 aliphatic carbocycles. The van der Waals surface area contributed by atoms with Crippen molar-refractivity contribution in [3.63, 3.8) is 0 Å². The molecule has 2 aliphatic heterocycles. The molecule has 14 aromatic carbocycles. The Balaban J connectivity index is 0.879. The fraction of sp³-hybridized carbons (Fsp3) is 0.0114. The van der Waals surface area contributed by atoms with Crippen LogP contribution in [0.25, 0.3) is 117 Å². The van der Waals surface area contributed by atoms with Crippen molar-refractivity contribution in [2.24, 2.45) is 0 Å². The second-order valence-corrected chi connectivity index (χ2v) is 24.8. The number of para-hydroxylation sites is 1. The number of aromatic nitrogens is 4. The first kappa shape index (κ1) is 55.4. The fourth-order valence-electron chi connectivity index (χ4n) is 14.6. The fourth-order valence-corrected chi connectivity index (χ4v) is 14.6. The summed E-state index contributed by atoms with van der Waals surface area (Å²) >= 11 is 0. The Morgan fingerprint density at radius 1 is 0.253 bits per heavy atom. The van der Waals surface area contributed by atoms with E-state index in [1.54, 1.807) is 0 Å². The predicted octanol–water partition coefficient (Wildman–Crippen LogP) is 20.7. The lowest BCUT2D eigenvalue weighted by molar-refractivity contribution is 1.06. The van der Waals surface area contributed by atoms with Crippen LogP contribution < -0.4 is 26.2 Å². The van der Waals surface area contributed by atoms with E-state index in [1.165, 1.54) is 60.9 Å². The molecule has 2 aromatic heterocycles. The molecule has 0 radical (unpaired) electrons. The topological polar surface area (TPSA) is 50.1 Å². The van der Waals surface area contributed by atoms with Gasteiger partial charge in [0.15, 0.2) is 17.5 Å². The Morgan fingerprint density at radius 3 is 1.12 bits per heavy atom. The molecular formula is C88H59BN6. The molecule has 16 aromatic rings. The summed E-state index contributed by atoms with van der Waals surface area (Å²) in [6.07, 6.45) is 0. The van der Waals surface area contributed by atoms with Crippen molar-refractivity contribution in [2.75, 3.05) is 9.80 Å². The molecule has 2 aliphatic rings. The molecule has 0 saturated carbocycles. The van der Waals surface area contributed by atoms with Crippen LogP contribution in [0.4, 0.5) is 34.1 Å². The van der Waals surface area contributed by atoms with Gasteiger partial charge in [0.05, 0.1) is 16.7 Å². The van der Waals surface area contributed by atoms with Crippen LogP contribution in [0.3, 0.4) is 0 Å². The number of hydrogen-bond donors (Lipinski definition) is 0. The van der Waals surface area contributed by atoms with Gasteiger partial charge >= 0.3 is 0 Å². The van der Waals surface area contributed by atoms with Crippen LogP contribution in [0, 0.1) is 6.92 Å². The molecule has 0 fully saturated rings. The number of hydrogen-bond acceptors (Lipinski definition) is 5. The van der Waals surface area contributed by atoms with Crippen LogP contribution in [0.1, 0.15) is 5.56 Å². The number of anilines is 6. The zero-order chi connectivity index (χ0) is 62.9. The van der Waals surface area contributed by atoms with E-state index in [9.17, 15) is 0 Å². The summed E-state index contributed by atoms with van der Waals surface area (Å²) in [5.41, 5.74) is 29.1. The van der Waals surface area contributed by atoms with Crippen LogP contribution in [0.2, 0.25) is 0 Å². The van der Waals surface area contributed by atoms with E-state index >= 15 is 0 Å². The van der Waals surface area contributed by atoms with Gasteiger partial charge in [-0.2, -0.15) is 0 Å². The highest BCUT2D eigenvalue weighted by molar-refractivity contribution is 7.00. The van der Waals surface area contributed by atoms with Crippen molar-refractivity contribution < 1.29 is 0 Å². The summed E-state index contributed by atoms with van der Waals surface area (Å²) in [5.74, 6) is 1.84. The predicted molar refractivity (Wildman–Crippen MR) is 396 cm³/mol. The lowest BCUT2D eigenvalue weighted by Crippen LogP contribution is -2.61. The van der Waals surface area contributed by atoms with E-state index in [0.29, 0.717) is 17.5 Å². The van der Waals surface area contributed by atoms with Crippen molar-refractivity contribution >= 4 is 79.0 Å². The van der Waals surface area contributed by atoms with E-state index in [4.69, 9.17) is 15.0 Å². The zero-order valence-corrected chi connectivity index (χ0v) is 52.1. The third-order valence-corrected chi connectivity index (χ3v) is 19.1.